The van der Waals surface area contributed by atoms with Gasteiger partial charge in [-0.1, -0.05) is 26.2 Å². The lowest BCUT2D eigenvalue weighted by Gasteiger charge is -2.10. The summed E-state index contributed by atoms with van der Waals surface area (Å²) in [7, 11) is 0. The summed E-state index contributed by atoms with van der Waals surface area (Å²) in [6.07, 6.45) is 4.43. The summed E-state index contributed by atoms with van der Waals surface area (Å²) in [6.45, 7) is 6.48. The van der Waals surface area contributed by atoms with Gasteiger partial charge in [0.25, 0.3) is 0 Å². The topological polar surface area (TPSA) is 52.3 Å². The Morgan fingerprint density at radius 3 is 2.56 bits per heavy atom. The smallest absolute Gasteiger partial charge is 0.338 e. The number of unbranched alkanes of at least 4 members (excludes halogenated alkanes) is 3. The third-order valence-corrected chi connectivity index (χ3v) is 3.28. The van der Waals surface area contributed by atoms with Gasteiger partial charge >= 0.3 is 5.97 Å². The molecule has 100 valence electrons. The first-order chi connectivity index (χ1) is 8.57. The maximum atomic E-state index is 11.9. The summed E-state index contributed by atoms with van der Waals surface area (Å²) >= 11 is 0. The van der Waals surface area contributed by atoms with E-state index in [-0.39, 0.29) is 5.97 Å². The Hall–Kier alpha value is -1.51. The van der Waals surface area contributed by atoms with Gasteiger partial charge in [0.1, 0.15) is 0 Å². The Labute approximate surface area is 109 Å². The van der Waals surface area contributed by atoms with Crippen molar-refractivity contribution < 1.29 is 9.53 Å². The predicted octanol–water partition coefficient (Wildman–Crippen LogP) is 3.62. The van der Waals surface area contributed by atoms with E-state index in [9.17, 15) is 4.79 Å². The van der Waals surface area contributed by atoms with E-state index < -0.39 is 0 Å². The van der Waals surface area contributed by atoms with Crippen molar-refractivity contribution in [3.05, 3.63) is 28.8 Å². The van der Waals surface area contributed by atoms with E-state index in [4.69, 9.17) is 10.5 Å². The lowest BCUT2D eigenvalue weighted by Crippen LogP contribution is -2.09. The zero-order valence-corrected chi connectivity index (χ0v) is 11.6. The molecule has 0 aliphatic heterocycles. The number of rotatable bonds is 6. The molecule has 0 atom stereocenters. The van der Waals surface area contributed by atoms with Crippen LogP contribution >= 0.6 is 0 Å². The van der Waals surface area contributed by atoms with Crippen molar-refractivity contribution in [3.63, 3.8) is 0 Å². The highest BCUT2D eigenvalue weighted by molar-refractivity contribution is 5.92. The van der Waals surface area contributed by atoms with Gasteiger partial charge < -0.3 is 10.5 Å². The first kappa shape index (κ1) is 14.6. The monoisotopic (exact) mass is 249 g/mol. The normalized spacial score (nSPS) is 10.4. The van der Waals surface area contributed by atoms with Crippen LogP contribution in [0.4, 0.5) is 5.69 Å². The Kier molecular flexibility index (Phi) is 5.69. The molecule has 0 saturated heterocycles. The van der Waals surface area contributed by atoms with E-state index in [0.717, 1.165) is 24.0 Å². The fourth-order valence-corrected chi connectivity index (χ4v) is 1.83. The van der Waals surface area contributed by atoms with Gasteiger partial charge in [-0.05, 0) is 43.5 Å². The summed E-state index contributed by atoms with van der Waals surface area (Å²) in [5.74, 6) is -0.243. The zero-order chi connectivity index (χ0) is 13.5. The number of nitrogen functional groups attached to an aromatic ring is 1. The van der Waals surface area contributed by atoms with Crippen LogP contribution in [0.15, 0.2) is 12.1 Å². The van der Waals surface area contributed by atoms with Crippen LogP contribution in [0.25, 0.3) is 0 Å². The van der Waals surface area contributed by atoms with E-state index in [1.807, 2.05) is 13.8 Å². The lowest BCUT2D eigenvalue weighted by molar-refractivity contribution is 0.0497. The van der Waals surface area contributed by atoms with Gasteiger partial charge in [0.2, 0.25) is 0 Å². The number of hydrogen-bond donors (Lipinski definition) is 1. The molecule has 1 aromatic carbocycles. The molecule has 3 nitrogen and oxygen atoms in total. The van der Waals surface area contributed by atoms with E-state index in [0.29, 0.717) is 17.9 Å². The van der Waals surface area contributed by atoms with Gasteiger partial charge in [0.05, 0.1) is 12.2 Å². The second kappa shape index (κ2) is 7.04. The number of anilines is 1. The maximum absolute atomic E-state index is 11.9. The van der Waals surface area contributed by atoms with Gasteiger partial charge in [-0.25, -0.2) is 4.79 Å². The number of hydrogen-bond acceptors (Lipinski definition) is 3. The van der Waals surface area contributed by atoms with Gasteiger partial charge in [-0.3, -0.25) is 0 Å². The summed E-state index contributed by atoms with van der Waals surface area (Å²) in [6, 6.07) is 3.50. The molecule has 0 bridgehead atoms. The highest BCUT2D eigenvalue weighted by atomic mass is 16.5. The third-order valence-electron chi connectivity index (χ3n) is 3.28. The van der Waals surface area contributed by atoms with Crippen molar-refractivity contribution in [2.75, 3.05) is 12.3 Å². The molecule has 18 heavy (non-hydrogen) atoms. The fraction of sp³-hybridized carbons (Fsp3) is 0.533. The minimum atomic E-state index is -0.243. The largest absolute Gasteiger partial charge is 0.462 e. The van der Waals surface area contributed by atoms with E-state index in [1.54, 1.807) is 12.1 Å². The minimum Gasteiger partial charge on any atom is -0.462 e. The number of carbonyl (C=O) groups is 1. The second-order valence-electron chi connectivity index (χ2n) is 4.65. The van der Waals surface area contributed by atoms with Gasteiger partial charge in [-0.15, -0.1) is 0 Å². The molecule has 0 radical (unpaired) electrons. The Morgan fingerprint density at radius 2 is 1.89 bits per heavy atom. The molecule has 0 saturated carbocycles. The molecule has 0 aliphatic carbocycles. The Morgan fingerprint density at radius 1 is 1.17 bits per heavy atom. The second-order valence-corrected chi connectivity index (χ2v) is 4.65. The zero-order valence-electron chi connectivity index (χ0n) is 11.6. The van der Waals surface area contributed by atoms with Crippen LogP contribution < -0.4 is 5.73 Å². The fourth-order valence-electron chi connectivity index (χ4n) is 1.83. The lowest BCUT2D eigenvalue weighted by atomic mass is 10.0. The number of benzene rings is 1. The number of nitrogens with two attached hydrogens (primary N) is 1. The van der Waals surface area contributed by atoms with Crippen LogP contribution in [-0.4, -0.2) is 12.6 Å². The molecule has 3 heteroatoms. The summed E-state index contributed by atoms with van der Waals surface area (Å²) < 4.78 is 5.27. The standard InChI is InChI=1S/C15H23NO2/c1-4-5-6-7-10-18-15(17)13-8-9-14(16)12(3)11(13)2/h8-9H,4-7,10,16H2,1-3H3. The average molecular weight is 249 g/mol. The average Bonchev–Trinajstić information content (AvgIpc) is 2.35. The van der Waals surface area contributed by atoms with Crippen LogP contribution in [0.2, 0.25) is 0 Å². The first-order valence-corrected chi connectivity index (χ1v) is 6.60. The molecule has 1 aromatic rings. The number of esters is 1. The third kappa shape index (κ3) is 3.76. The first-order valence-electron chi connectivity index (χ1n) is 6.60. The molecular formula is C15H23NO2. The Balaban J connectivity index is 2.54. The van der Waals surface area contributed by atoms with Crippen molar-refractivity contribution in [3.8, 4) is 0 Å². The van der Waals surface area contributed by atoms with Crippen LogP contribution in [0.5, 0.6) is 0 Å². The van der Waals surface area contributed by atoms with E-state index in [1.165, 1.54) is 12.8 Å². The van der Waals surface area contributed by atoms with Gasteiger partial charge in [0.15, 0.2) is 0 Å². The molecular weight excluding hydrogens is 226 g/mol. The van der Waals surface area contributed by atoms with Crippen LogP contribution in [0.1, 0.15) is 54.1 Å². The Bertz CT molecular complexity index is 413. The van der Waals surface area contributed by atoms with Crippen LogP contribution in [0.3, 0.4) is 0 Å². The van der Waals surface area contributed by atoms with E-state index >= 15 is 0 Å². The van der Waals surface area contributed by atoms with E-state index in [2.05, 4.69) is 6.92 Å². The highest BCUT2D eigenvalue weighted by Gasteiger charge is 2.12. The van der Waals surface area contributed by atoms with Crippen molar-refractivity contribution in [1.82, 2.24) is 0 Å². The molecule has 0 unspecified atom stereocenters. The molecule has 0 heterocycles. The quantitative estimate of drug-likeness (QED) is 0.476. The van der Waals surface area contributed by atoms with Crippen LogP contribution in [0, 0.1) is 13.8 Å². The molecule has 0 spiro atoms. The van der Waals surface area contributed by atoms with Crippen molar-refractivity contribution in [1.29, 1.82) is 0 Å². The summed E-state index contributed by atoms with van der Waals surface area (Å²) in [4.78, 5) is 11.9. The number of carbonyl (C=O) groups excluding carboxylic acids is 1. The summed E-state index contributed by atoms with van der Waals surface area (Å²) in [5.41, 5.74) is 8.99. The maximum Gasteiger partial charge on any atom is 0.338 e. The predicted molar refractivity (Wildman–Crippen MR) is 74.8 cm³/mol. The molecule has 1 rings (SSSR count). The summed E-state index contributed by atoms with van der Waals surface area (Å²) in [5, 5.41) is 0. The van der Waals surface area contributed by atoms with Gasteiger partial charge in [0, 0.05) is 5.69 Å². The highest BCUT2D eigenvalue weighted by Crippen LogP contribution is 2.20. The molecule has 0 aromatic heterocycles. The van der Waals surface area contributed by atoms with Crippen molar-refractivity contribution in [2.24, 2.45) is 0 Å². The molecule has 0 aliphatic rings. The SMILES string of the molecule is CCCCCCOC(=O)c1ccc(N)c(C)c1C. The number of ether oxygens (including phenoxy) is 1. The molecule has 0 fully saturated rings. The van der Waals surface area contributed by atoms with Crippen molar-refractivity contribution >= 4 is 11.7 Å². The molecule has 2 N–H and O–H groups in total. The van der Waals surface area contributed by atoms with Crippen LogP contribution in [-0.2, 0) is 4.74 Å². The minimum absolute atomic E-state index is 0.243. The van der Waals surface area contributed by atoms with Gasteiger partial charge in [-0.2, -0.15) is 0 Å². The van der Waals surface area contributed by atoms with Crippen molar-refractivity contribution in [2.45, 2.75) is 46.5 Å². The molecule has 0 amide bonds.